The molecule has 0 spiro atoms. The first-order valence-corrected chi connectivity index (χ1v) is 14.7. The van der Waals surface area contributed by atoms with E-state index in [1.807, 2.05) is 0 Å². The van der Waals surface area contributed by atoms with Crippen molar-refractivity contribution in [3.63, 3.8) is 0 Å². The molecule has 1 N–H and O–H groups in total. The van der Waals surface area contributed by atoms with Gasteiger partial charge in [-0.1, -0.05) is 60.7 Å². The lowest BCUT2D eigenvalue weighted by Gasteiger charge is -2.63. The van der Waals surface area contributed by atoms with Crippen molar-refractivity contribution in [1.29, 1.82) is 0 Å². The SMILES string of the molecule is CN1CCN(C23CC(NCCC(=O)N4CCCC4)C(C(c4ccccc4)C2)C(c2ccccc2)C3)CC1. The Labute approximate surface area is 223 Å². The normalized spacial score (nSPS) is 32.6. The lowest BCUT2D eigenvalue weighted by Crippen LogP contribution is -2.67. The summed E-state index contributed by atoms with van der Waals surface area (Å²) < 4.78 is 0. The van der Waals surface area contributed by atoms with E-state index in [9.17, 15) is 4.79 Å². The third kappa shape index (κ3) is 5.10. The maximum Gasteiger partial charge on any atom is 0.223 e. The number of carbonyl (C=O) groups excluding carboxylic acids is 1. The van der Waals surface area contributed by atoms with Gasteiger partial charge < -0.3 is 15.1 Å². The number of hydrogen-bond acceptors (Lipinski definition) is 4. The van der Waals surface area contributed by atoms with Crippen molar-refractivity contribution in [2.24, 2.45) is 5.92 Å². The van der Waals surface area contributed by atoms with E-state index < -0.39 is 0 Å². The minimum atomic E-state index is 0.202. The number of nitrogens with zero attached hydrogens (tertiary/aromatic N) is 3. The van der Waals surface area contributed by atoms with Gasteiger partial charge in [0.1, 0.15) is 0 Å². The highest BCUT2D eigenvalue weighted by Gasteiger charge is 2.57. The first-order valence-electron chi connectivity index (χ1n) is 14.7. The second-order valence-electron chi connectivity index (χ2n) is 12.1. The zero-order valence-electron chi connectivity index (χ0n) is 22.5. The zero-order valence-corrected chi connectivity index (χ0v) is 22.5. The van der Waals surface area contributed by atoms with Crippen LogP contribution in [0.1, 0.15) is 61.5 Å². The summed E-state index contributed by atoms with van der Waals surface area (Å²) in [6.07, 6.45) is 6.64. The largest absolute Gasteiger partial charge is 0.343 e. The molecule has 2 saturated heterocycles. The Morgan fingerprint density at radius 1 is 0.811 bits per heavy atom. The molecule has 7 rings (SSSR count). The molecule has 2 aromatic rings. The maximum atomic E-state index is 12.8. The molecule has 0 aromatic heterocycles. The number of benzene rings is 2. The van der Waals surface area contributed by atoms with Crippen LogP contribution in [0.4, 0.5) is 0 Å². The Kier molecular flexibility index (Phi) is 7.38. The number of hydrogen-bond donors (Lipinski definition) is 1. The van der Waals surface area contributed by atoms with Crippen molar-refractivity contribution in [3.8, 4) is 0 Å². The quantitative estimate of drug-likeness (QED) is 0.615. The molecule has 5 nitrogen and oxygen atoms in total. The van der Waals surface area contributed by atoms with Gasteiger partial charge >= 0.3 is 0 Å². The fourth-order valence-corrected chi connectivity index (χ4v) is 8.17. The topological polar surface area (TPSA) is 38.8 Å². The Hall–Kier alpha value is -2.21. The minimum absolute atomic E-state index is 0.202. The fourth-order valence-electron chi connectivity index (χ4n) is 8.17. The molecule has 37 heavy (non-hydrogen) atoms. The molecule has 3 saturated carbocycles. The fraction of sp³-hybridized carbons (Fsp3) is 0.594. The smallest absolute Gasteiger partial charge is 0.223 e. The summed E-state index contributed by atoms with van der Waals surface area (Å²) in [5.74, 6) is 1.93. The molecule has 2 bridgehead atoms. The second kappa shape index (κ2) is 10.9. The summed E-state index contributed by atoms with van der Waals surface area (Å²) >= 11 is 0. The van der Waals surface area contributed by atoms with Gasteiger partial charge in [-0.2, -0.15) is 0 Å². The van der Waals surface area contributed by atoms with Gasteiger partial charge in [-0.05, 0) is 68.0 Å². The standard InChI is InChI=1S/C32H44N4O/c1-34-18-20-36(21-19-34)32-22-27(25-10-4-2-5-11-25)31(28(23-32)26-12-6-3-7-13-26)29(24-32)33-15-14-30(37)35-16-8-9-17-35/h2-7,10-13,27-29,31,33H,8-9,14-24H2,1H3. The molecule has 3 aliphatic carbocycles. The Morgan fingerprint density at radius 2 is 1.38 bits per heavy atom. The Bertz CT molecular complexity index is 980. The van der Waals surface area contributed by atoms with Crippen LogP contribution in [-0.4, -0.2) is 85.0 Å². The van der Waals surface area contributed by atoms with Gasteiger partial charge in [0.2, 0.25) is 5.91 Å². The summed E-state index contributed by atoms with van der Waals surface area (Å²) in [6.45, 7) is 7.30. The van der Waals surface area contributed by atoms with E-state index in [2.05, 4.69) is 87.7 Å². The van der Waals surface area contributed by atoms with E-state index in [4.69, 9.17) is 0 Å². The van der Waals surface area contributed by atoms with E-state index in [-0.39, 0.29) is 5.54 Å². The van der Waals surface area contributed by atoms with Gasteiger partial charge in [-0.3, -0.25) is 9.69 Å². The first kappa shape index (κ1) is 25.1. The number of piperazine rings is 1. The van der Waals surface area contributed by atoms with Crippen LogP contribution in [0.25, 0.3) is 0 Å². The van der Waals surface area contributed by atoms with Crippen molar-refractivity contribution >= 4 is 5.91 Å². The maximum absolute atomic E-state index is 12.8. The van der Waals surface area contributed by atoms with Gasteiger partial charge in [0, 0.05) is 63.8 Å². The van der Waals surface area contributed by atoms with E-state index in [0.29, 0.717) is 36.1 Å². The number of amides is 1. The van der Waals surface area contributed by atoms with Crippen LogP contribution >= 0.6 is 0 Å². The lowest BCUT2D eigenvalue weighted by atomic mass is 9.51. The van der Waals surface area contributed by atoms with E-state index in [1.165, 1.54) is 30.4 Å². The summed E-state index contributed by atoms with van der Waals surface area (Å²) in [7, 11) is 2.26. The van der Waals surface area contributed by atoms with Crippen LogP contribution < -0.4 is 5.32 Å². The molecule has 2 aromatic carbocycles. The number of nitrogens with one attached hydrogen (secondary N) is 1. The Morgan fingerprint density at radius 3 is 1.95 bits per heavy atom. The predicted molar refractivity (Wildman–Crippen MR) is 150 cm³/mol. The molecule has 5 heteroatoms. The van der Waals surface area contributed by atoms with Gasteiger partial charge in [0.05, 0.1) is 0 Å². The van der Waals surface area contributed by atoms with Gasteiger partial charge in [0.15, 0.2) is 0 Å². The predicted octanol–water partition coefficient (Wildman–Crippen LogP) is 4.32. The molecule has 0 radical (unpaired) electrons. The molecule has 1 amide bonds. The average Bonchev–Trinajstić information content (AvgIpc) is 3.50. The van der Waals surface area contributed by atoms with E-state index >= 15 is 0 Å². The van der Waals surface area contributed by atoms with Crippen LogP contribution in [0.2, 0.25) is 0 Å². The molecule has 5 fully saturated rings. The molecule has 198 valence electrons. The molecule has 2 aliphatic heterocycles. The number of carbonyl (C=O) groups is 1. The van der Waals surface area contributed by atoms with Crippen LogP contribution in [0.15, 0.2) is 60.7 Å². The molecular formula is C32H44N4O. The third-order valence-corrected chi connectivity index (χ3v) is 10.0. The first-order chi connectivity index (χ1) is 18.1. The van der Waals surface area contributed by atoms with Crippen molar-refractivity contribution in [1.82, 2.24) is 20.0 Å². The number of rotatable bonds is 7. The minimum Gasteiger partial charge on any atom is -0.343 e. The van der Waals surface area contributed by atoms with Crippen molar-refractivity contribution in [2.75, 3.05) is 52.9 Å². The summed E-state index contributed by atoms with van der Waals surface area (Å²) in [6, 6.07) is 23.0. The van der Waals surface area contributed by atoms with Gasteiger partial charge in [0.25, 0.3) is 0 Å². The molecule has 3 unspecified atom stereocenters. The molecule has 5 aliphatic rings. The molecule has 3 atom stereocenters. The van der Waals surface area contributed by atoms with Crippen molar-refractivity contribution < 1.29 is 4.79 Å². The van der Waals surface area contributed by atoms with Gasteiger partial charge in [-0.15, -0.1) is 0 Å². The highest BCUT2D eigenvalue weighted by Crippen LogP contribution is 2.59. The summed E-state index contributed by atoms with van der Waals surface area (Å²) in [5, 5.41) is 3.99. The highest BCUT2D eigenvalue weighted by atomic mass is 16.2. The zero-order chi connectivity index (χ0) is 25.2. The van der Waals surface area contributed by atoms with E-state index in [1.54, 1.807) is 0 Å². The molecule has 2 heterocycles. The monoisotopic (exact) mass is 500 g/mol. The third-order valence-electron chi connectivity index (χ3n) is 10.0. The average molecular weight is 501 g/mol. The van der Waals surface area contributed by atoms with Gasteiger partial charge in [-0.25, -0.2) is 0 Å². The van der Waals surface area contributed by atoms with E-state index in [0.717, 1.165) is 58.7 Å². The van der Waals surface area contributed by atoms with Crippen LogP contribution in [0.5, 0.6) is 0 Å². The van der Waals surface area contributed by atoms with Crippen molar-refractivity contribution in [3.05, 3.63) is 71.8 Å². The number of likely N-dealkylation sites (N-methyl/N-ethyl adjacent to an activating group) is 1. The Balaban J connectivity index is 1.31. The lowest BCUT2D eigenvalue weighted by molar-refractivity contribution is -0.130. The number of likely N-dealkylation sites (tertiary alicyclic amines) is 1. The number of fused-ring (bicyclic) bond motifs is 3. The van der Waals surface area contributed by atoms with Crippen molar-refractivity contribution in [2.45, 2.75) is 61.9 Å². The van der Waals surface area contributed by atoms with Crippen LogP contribution in [0.3, 0.4) is 0 Å². The summed E-state index contributed by atoms with van der Waals surface area (Å²) in [4.78, 5) is 20.2. The second-order valence-corrected chi connectivity index (χ2v) is 12.1. The highest BCUT2D eigenvalue weighted by molar-refractivity contribution is 5.76. The summed E-state index contributed by atoms with van der Waals surface area (Å²) in [5.41, 5.74) is 3.19. The molecular weight excluding hydrogens is 456 g/mol. The van der Waals surface area contributed by atoms with Crippen LogP contribution in [-0.2, 0) is 4.79 Å². The van der Waals surface area contributed by atoms with Crippen LogP contribution in [0, 0.1) is 5.92 Å².